The minimum absolute atomic E-state index is 0.391. The smallest absolute Gasteiger partial charge is 0.117 e. The highest BCUT2D eigenvalue weighted by atomic mass is 35.7. The summed E-state index contributed by atoms with van der Waals surface area (Å²) in [5, 5.41) is 0. The Morgan fingerprint density at radius 1 is 1.00 bits per heavy atom. The van der Waals surface area contributed by atoms with Crippen molar-refractivity contribution in [1.29, 1.82) is 0 Å². The summed E-state index contributed by atoms with van der Waals surface area (Å²) in [6.07, 6.45) is 2.39. The molecular formula is C9H25ClNPSi2. The Morgan fingerprint density at radius 3 is 1.57 bits per heavy atom. The van der Waals surface area contributed by atoms with Crippen LogP contribution in [0.5, 0.6) is 0 Å². The number of rotatable bonds is 5. The summed E-state index contributed by atoms with van der Waals surface area (Å²) in [6.45, 7) is 16.7. The molecular weight excluding hydrogens is 245 g/mol. The van der Waals surface area contributed by atoms with Gasteiger partial charge < -0.3 is 4.00 Å². The molecule has 0 aliphatic carbocycles. The van der Waals surface area contributed by atoms with Crippen molar-refractivity contribution in [3.05, 3.63) is 0 Å². The number of hydrogen-bond acceptors (Lipinski definition) is 1. The minimum Gasteiger partial charge on any atom is -0.312 e. The van der Waals surface area contributed by atoms with Crippen LogP contribution in [-0.4, -0.2) is 26.6 Å². The van der Waals surface area contributed by atoms with Crippen LogP contribution in [0.3, 0.4) is 0 Å². The van der Waals surface area contributed by atoms with Gasteiger partial charge in [0.2, 0.25) is 0 Å². The second-order valence-corrected chi connectivity index (χ2v) is 19.2. The largest absolute Gasteiger partial charge is 0.312 e. The molecule has 1 unspecified atom stereocenters. The van der Waals surface area contributed by atoms with E-state index in [0.29, 0.717) is 0 Å². The zero-order valence-electron chi connectivity index (χ0n) is 10.7. The molecule has 0 radical (unpaired) electrons. The molecule has 5 heteroatoms. The van der Waals surface area contributed by atoms with Gasteiger partial charge in [-0.25, -0.2) is 0 Å². The van der Waals surface area contributed by atoms with Gasteiger partial charge >= 0.3 is 0 Å². The molecule has 0 aliphatic heterocycles. The topological polar surface area (TPSA) is 3.24 Å². The Bertz CT molecular complexity index is 163. The Labute approximate surface area is 98.0 Å². The lowest BCUT2D eigenvalue weighted by atomic mass is 10.6. The number of halogens is 1. The van der Waals surface area contributed by atoms with Crippen molar-refractivity contribution in [2.45, 2.75) is 52.6 Å². The van der Waals surface area contributed by atoms with Crippen LogP contribution in [0.1, 0.15) is 13.3 Å². The predicted molar refractivity (Wildman–Crippen MR) is 76.5 cm³/mol. The molecule has 86 valence electrons. The fourth-order valence-corrected chi connectivity index (χ4v) is 21.0. The van der Waals surface area contributed by atoms with Crippen molar-refractivity contribution in [3.8, 4) is 0 Å². The predicted octanol–water partition coefficient (Wildman–Crippen LogP) is 4.92. The van der Waals surface area contributed by atoms with E-state index in [0.717, 1.165) is 0 Å². The van der Waals surface area contributed by atoms with E-state index in [-0.39, 0.29) is 0 Å². The minimum atomic E-state index is -1.23. The third-order valence-corrected chi connectivity index (χ3v) is 16.5. The van der Waals surface area contributed by atoms with Crippen molar-refractivity contribution >= 4 is 35.1 Å². The van der Waals surface area contributed by atoms with Crippen LogP contribution in [0.4, 0.5) is 0 Å². The van der Waals surface area contributed by atoms with E-state index in [4.69, 9.17) is 11.2 Å². The van der Waals surface area contributed by atoms with Gasteiger partial charge in [0, 0.05) is 7.43 Å². The average Bonchev–Trinajstić information content (AvgIpc) is 1.78. The molecule has 0 aromatic carbocycles. The first-order valence-electron chi connectivity index (χ1n) is 5.34. The molecule has 0 amide bonds. The molecule has 1 atom stereocenters. The first-order valence-corrected chi connectivity index (χ1v) is 14.6. The zero-order valence-corrected chi connectivity index (χ0v) is 14.3. The van der Waals surface area contributed by atoms with E-state index in [1.165, 1.54) is 12.6 Å². The van der Waals surface area contributed by atoms with E-state index >= 15 is 0 Å². The SMILES string of the molecule is CCCP(Cl)N([Si](C)(C)C)[Si](C)(C)C. The van der Waals surface area contributed by atoms with Gasteiger partial charge in [0.25, 0.3) is 0 Å². The molecule has 0 N–H and O–H groups in total. The molecule has 0 spiro atoms. The fourth-order valence-electron chi connectivity index (χ4n) is 1.94. The molecule has 0 aromatic rings. The van der Waals surface area contributed by atoms with Gasteiger partial charge in [-0.2, -0.15) is 0 Å². The normalized spacial score (nSPS) is 16.1. The molecule has 0 fully saturated rings. The summed E-state index contributed by atoms with van der Waals surface area (Å²) < 4.78 is 2.74. The molecule has 0 aliphatic rings. The maximum absolute atomic E-state index is 6.58. The van der Waals surface area contributed by atoms with Gasteiger partial charge in [0.05, 0.1) is 0 Å². The molecule has 0 saturated carbocycles. The quantitative estimate of drug-likeness (QED) is 0.506. The monoisotopic (exact) mass is 269 g/mol. The van der Waals surface area contributed by atoms with Crippen LogP contribution in [-0.2, 0) is 0 Å². The van der Waals surface area contributed by atoms with Crippen molar-refractivity contribution in [2.24, 2.45) is 0 Å². The van der Waals surface area contributed by atoms with Crippen molar-refractivity contribution in [1.82, 2.24) is 4.00 Å². The maximum Gasteiger partial charge on any atom is 0.117 e. The van der Waals surface area contributed by atoms with E-state index in [2.05, 4.69) is 50.2 Å². The summed E-state index contributed by atoms with van der Waals surface area (Å²) in [5.41, 5.74) is 0. The Morgan fingerprint density at radius 2 is 1.36 bits per heavy atom. The molecule has 0 saturated heterocycles. The Hall–Kier alpha value is 1.11. The summed E-state index contributed by atoms with van der Waals surface area (Å²) in [5.74, 6) is 0. The van der Waals surface area contributed by atoms with Crippen molar-refractivity contribution in [2.75, 3.05) is 6.16 Å². The molecule has 0 rings (SSSR count). The highest BCUT2D eigenvalue weighted by Crippen LogP contribution is 2.51. The third kappa shape index (κ3) is 4.76. The Kier molecular flexibility index (Phi) is 5.88. The fraction of sp³-hybridized carbons (Fsp3) is 1.00. The van der Waals surface area contributed by atoms with Gasteiger partial charge in [-0.3, -0.25) is 0 Å². The highest BCUT2D eigenvalue weighted by Gasteiger charge is 2.38. The number of hydrogen-bond donors (Lipinski definition) is 0. The first-order chi connectivity index (χ1) is 6.10. The van der Waals surface area contributed by atoms with E-state index in [1.807, 2.05) is 0 Å². The van der Waals surface area contributed by atoms with Gasteiger partial charge in [0.1, 0.15) is 16.5 Å². The lowest BCUT2D eigenvalue weighted by molar-refractivity contribution is 0.958. The number of nitrogens with zero attached hydrogens (tertiary/aromatic N) is 1. The molecule has 0 aromatic heterocycles. The van der Waals surface area contributed by atoms with Crippen LogP contribution >= 0.6 is 18.7 Å². The van der Waals surface area contributed by atoms with Crippen LogP contribution < -0.4 is 0 Å². The highest BCUT2D eigenvalue weighted by molar-refractivity contribution is 7.84. The average molecular weight is 270 g/mol. The summed E-state index contributed by atoms with van der Waals surface area (Å²) in [6, 6.07) is 0. The molecule has 14 heavy (non-hydrogen) atoms. The van der Waals surface area contributed by atoms with E-state index in [9.17, 15) is 0 Å². The molecule has 0 heterocycles. The summed E-state index contributed by atoms with van der Waals surface area (Å²) in [7, 11) is -2.85. The Balaban J connectivity index is 4.74. The standard InChI is InChI=1S/C9H25ClNPSi2/c1-8-9-12(10)11(13(2,3)4)14(5,6)7/h8-9H2,1-7H3. The van der Waals surface area contributed by atoms with Gasteiger partial charge in [0.15, 0.2) is 0 Å². The lowest BCUT2D eigenvalue weighted by Crippen LogP contribution is -2.55. The summed E-state index contributed by atoms with van der Waals surface area (Å²) in [4.78, 5) is 0. The van der Waals surface area contributed by atoms with Crippen molar-refractivity contribution < 1.29 is 0 Å². The summed E-state index contributed by atoms with van der Waals surface area (Å²) >= 11 is 6.58. The lowest BCUT2D eigenvalue weighted by Gasteiger charge is -2.46. The van der Waals surface area contributed by atoms with Gasteiger partial charge in [-0.05, 0) is 12.6 Å². The van der Waals surface area contributed by atoms with Crippen LogP contribution in [0.25, 0.3) is 0 Å². The van der Waals surface area contributed by atoms with Crippen LogP contribution in [0.15, 0.2) is 0 Å². The third-order valence-electron chi connectivity index (χ3n) is 1.90. The molecule has 0 bridgehead atoms. The zero-order chi connectivity index (χ0) is 11.6. The molecule has 1 nitrogen and oxygen atoms in total. The second-order valence-electron chi connectivity index (χ2n) is 5.71. The second kappa shape index (κ2) is 5.44. The van der Waals surface area contributed by atoms with Gasteiger partial charge in [-0.15, -0.1) is 0 Å². The maximum atomic E-state index is 6.58. The van der Waals surface area contributed by atoms with Crippen LogP contribution in [0, 0.1) is 0 Å². The van der Waals surface area contributed by atoms with Crippen molar-refractivity contribution in [3.63, 3.8) is 0 Å². The van der Waals surface area contributed by atoms with Gasteiger partial charge in [-0.1, -0.05) is 57.4 Å². The van der Waals surface area contributed by atoms with Crippen LogP contribution in [0.2, 0.25) is 39.3 Å². The first kappa shape index (κ1) is 15.1. The van der Waals surface area contributed by atoms with E-state index < -0.39 is 23.9 Å². The van der Waals surface area contributed by atoms with E-state index in [1.54, 1.807) is 0 Å².